The van der Waals surface area contributed by atoms with Crippen LogP contribution in [0, 0.1) is 0 Å². The van der Waals surface area contributed by atoms with Crippen LogP contribution >= 0.6 is 0 Å². The van der Waals surface area contributed by atoms with E-state index in [0.29, 0.717) is 17.5 Å². The van der Waals surface area contributed by atoms with E-state index in [9.17, 15) is 0 Å². The number of fused-ring (bicyclic) bond motifs is 10. The summed E-state index contributed by atoms with van der Waals surface area (Å²) >= 11 is 0. The molecule has 0 saturated heterocycles. The summed E-state index contributed by atoms with van der Waals surface area (Å²) in [6, 6.07) is 66.1. The van der Waals surface area contributed by atoms with Crippen LogP contribution in [-0.2, 0) is 5.41 Å². The molecule has 0 atom stereocenters. The van der Waals surface area contributed by atoms with Crippen molar-refractivity contribution in [3.05, 3.63) is 210 Å². The van der Waals surface area contributed by atoms with Crippen LogP contribution in [0.25, 0.3) is 67.2 Å². The smallest absolute Gasteiger partial charge is 0.164 e. The number of benzene rings is 8. The van der Waals surface area contributed by atoms with Crippen LogP contribution in [0.5, 0.6) is 11.5 Å². The molecule has 54 heavy (non-hydrogen) atoms. The van der Waals surface area contributed by atoms with Gasteiger partial charge in [0, 0.05) is 27.8 Å². The maximum atomic E-state index is 6.52. The van der Waals surface area contributed by atoms with Crippen molar-refractivity contribution >= 4 is 10.8 Å². The molecule has 2 aliphatic rings. The van der Waals surface area contributed by atoms with Crippen molar-refractivity contribution in [1.82, 2.24) is 15.0 Å². The zero-order chi connectivity index (χ0) is 35.6. The highest BCUT2D eigenvalue weighted by Crippen LogP contribution is 2.62. The Hall–Kier alpha value is -7.17. The van der Waals surface area contributed by atoms with Crippen molar-refractivity contribution < 1.29 is 4.74 Å². The molecule has 0 bridgehead atoms. The fourth-order valence-corrected chi connectivity index (χ4v) is 8.62. The molecule has 1 spiro atoms. The van der Waals surface area contributed by atoms with Gasteiger partial charge >= 0.3 is 0 Å². The first kappa shape index (κ1) is 30.5. The molecule has 1 aliphatic carbocycles. The van der Waals surface area contributed by atoms with Gasteiger partial charge in [-0.2, -0.15) is 0 Å². The van der Waals surface area contributed by atoms with Gasteiger partial charge < -0.3 is 4.74 Å². The van der Waals surface area contributed by atoms with E-state index in [1.807, 2.05) is 30.3 Å². The van der Waals surface area contributed by atoms with E-state index in [1.54, 1.807) is 0 Å². The normalized spacial score (nSPS) is 13.1. The van der Waals surface area contributed by atoms with E-state index in [4.69, 9.17) is 19.7 Å². The molecule has 11 rings (SSSR count). The number of para-hydroxylation sites is 2. The van der Waals surface area contributed by atoms with E-state index < -0.39 is 5.41 Å². The van der Waals surface area contributed by atoms with Crippen LogP contribution in [0.3, 0.4) is 0 Å². The molecule has 0 fully saturated rings. The summed E-state index contributed by atoms with van der Waals surface area (Å²) in [7, 11) is 0. The molecule has 0 radical (unpaired) electrons. The predicted molar refractivity (Wildman–Crippen MR) is 216 cm³/mol. The maximum absolute atomic E-state index is 6.52. The highest BCUT2D eigenvalue weighted by atomic mass is 16.5. The third-order valence-corrected chi connectivity index (χ3v) is 11.0. The van der Waals surface area contributed by atoms with Crippen molar-refractivity contribution in [3.63, 3.8) is 0 Å². The summed E-state index contributed by atoms with van der Waals surface area (Å²) in [5, 5.41) is 2.45. The molecule has 9 aromatic rings. The molecule has 0 amide bonds. The second kappa shape index (κ2) is 11.9. The molecular formula is C50H31N3O. The van der Waals surface area contributed by atoms with Crippen LogP contribution in [-0.4, -0.2) is 15.0 Å². The van der Waals surface area contributed by atoms with Crippen LogP contribution in [0.2, 0.25) is 0 Å². The first-order valence-electron chi connectivity index (χ1n) is 18.3. The summed E-state index contributed by atoms with van der Waals surface area (Å²) in [5.41, 5.74) is 11.7. The summed E-state index contributed by atoms with van der Waals surface area (Å²) < 4.78 is 6.52. The van der Waals surface area contributed by atoms with Gasteiger partial charge in [-0.3, -0.25) is 0 Å². The number of rotatable bonds is 4. The molecule has 1 aliphatic heterocycles. The van der Waals surface area contributed by atoms with Crippen LogP contribution in [0.1, 0.15) is 22.3 Å². The zero-order valence-electron chi connectivity index (χ0n) is 29.1. The number of ether oxygens (including phenoxy) is 1. The predicted octanol–water partition coefficient (Wildman–Crippen LogP) is 12.2. The molecule has 1 aromatic heterocycles. The first-order chi connectivity index (χ1) is 26.8. The third kappa shape index (κ3) is 4.53. The van der Waals surface area contributed by atoms with Crippen LogP contribution < -0.4 is 4.74 Å². The van der Waals surface area contributed by atoms with Gasteiger partial charge in [0.15, 0.2) is 17.5 Å². The molecule has 0 unspecified atom stereocenters. The Morgan fingerprint density at radius 1 is 0.333 bits per heavy atom. The summed E-state index contributed by atoms with van der Waals surface area (Å²) in [6.45, 7) is 0. The van der Waals surface area contributed by atoms with Crippen molar-refractivity contribution in [2.75, 3.05) is 0 Å². The number of nitrogens with zero attached hydrogens (tertiary/aromatic N) is 3. The van der Waals surface area contributed by atoms with Crippen molar-refractivity contribution in [2.24, 2.45) is 0 Å². The minimum absolute atomic E-state index is 0.527. The van der Waals surface area contributed by atoms with Crippen molar-refractivity contribution in [1.29, 1.82) is 0 Å². The van der Waals surface area contributed by atoms with Gasteiger partial charge in [-0.15, -0.1) is 0 Å². The lowest BCUT2D eigenvalue weighted by molar-refractivity contribution is 0.436. The highest BCUT2D eigenvalue weighted by molar-refractivity contribution is 5.97. The van der Waals surface area contributed by atoms with E-state index in [2.05, 4.69) is 158 Å². The minimum Gasteiger partial charge on any atom is -0.457 e. The Morgan fingerprint density at radius 2 is 0.833 bits per heavy atom. The summed E-state index contributed by atoms with van der Waals surface area (Å²) in [5.74, 6) is 3.66. The fraction of sp³-hybridized carbons (Fsp3) is 0.0200. The van der Waals surface area contributed by atoms with E-state index in [-0.39, 0.29) is 0 Å². The molecule has 4 nitrogen and oxygen atoms in total. The number of hydrogen-bond acceptors (Lipinski definition) is 4. The second-order valence-electron chi connectivity index (χ2n) is 13.9. The molecule has 252 valence electrons. The van der Waals surface area contributed by atoms with Crippen LogP contribution in [0.15, 0.2) is 188 Å². The van der Waals surface area contributed by atoms with E-state index in [0.717, 1.165) is 50.4 Å². The van der Waals surface area contributed by atoms with Gasteiger partial charge in [-0.25, -0.2) is 15.0 Å². The molecule has 0 N–H and O–H groups in total. The Kier molecular flexibility index (Phi) is 6.73. The maximum Gasteiger partial charge on any atom is 0.164 e. The Bertz CT molecular complexity index is 2870. The molecule has 0 saturated carbocycles. The SMILES string of the molecule is c1ccc(-c2nc(-c3ccc(-c4cccc5ccccc45)cc3)nc(-c3ccc4c(c3)-c3ccccc3C43c4ccccc4Oc4ccccc43)n2)cc1. The molecular weight excluding hydrogens is 659 g/mol. The van der Waals surface area contributed by atoms with Gasteiger partial charge in [-0.05, 0) is 62.4 Å². The fourth-order valence-electron chi connectivity index (χ4n) is 8.62. The monoisotopic (exact) mass is 689 g/mol. The zero-order valence-corrected chi connectivity index (χ0v) is 29.1. The summed E-state index contributed by atoms with van der Waals surface area (Å²) in [4.78, 5) is 15.3. The highest BCUT2D eigenvalue weighted by Gasteiger charge is 2.51. The molecule has 4 heteroatoms. The Labute approximate surface area is 313 Å². The van der Waals surface area contributed by atoms with Gasteiger partial charge in [-0.1, -0.05) is 170 Å². The van der Waals surface area contributed by atoms with Crippen LogP contribution in [0.4, 0.5) is 0 Å². The quantitative estimate of drug-likeness (QED) is 0.185. The Balaban J connectivity index is 1.08. The average Bonchev–Trinajstić information content (AvgIpc) is 3.54. The standard InChI is InChI=1S/C50H31N3O/c1-2-14-34(15-3-1)47-51-48(35-27-25-33(26-28-35)38-19-12-16-32-13-4-5-17-37(32)38)53-49(52-47)36-29-30-42-40(31-36)39-18-6-7-20-41(39)50(42)43-21-8-10-23-45(43)54-46-24-11-9-22-44(46)50/h1-31H. The lowest BCUT2D eigenvalue weighted by Gasteiger charge is -2.39. The summed E-state index contributed by atoms with van der Waals surface area (Å²) in [6.07, 6.45) is 0. The van der Waals surface area contributed by atoms with Gasteiger partial charge in [0.2, 0.25) is 0 Å². The lowest BCUT2D eigenvalue weighted by atomic mass is 9.66. The lowest BCUT2D eigenvalue weighted by Crippen LogP contribution is -2.32. The topological polar surface area (TPSA) is 47.9 Å². The van der Waals surface area contributed by atoms with E-state index >= 15 is 0 Å². The van der Waals surface area contributed by atoms with E-state index in [1.165, 1.54) is 33.0 Å². The largest absolute Gasteiger partial charge is 0.457 e. The molecule has 8 aromatic carbocycles. The minimum atomic E-state index is -0.527. The second-order valence-corrected chi connectivity index (χ2v) is 13.9. The third-order valence-electron chi connectivity index (χ3n) is 11.0. The number of hydrogen-bond donors (Lipinski definition) is 0. The Morgan fingerprint density at radius 3 is 1.57 bits per heavy atom. The van der Waals surface area contributed by atoms with Crippen molar-refractivity contribution in [2.45, 2.75) is 5.41 Å². The van der Waals surface area contributed by atoms with Crippen molar-refractivity contribution in [3.8, 4) is 67.9 Å². The first-order valence-corrected chi connectivity index (χ1v) is 18.3. The average molecular weight is 690 g/mol. The van der Waals surface area contributed by atoms with Gasteiger partial charge in [0.25, 0.3) is 0 Å². The van der Waals surface area contributed by atoms with Gasteiger partial charge in [0.05, 0.1) is 5.41 Å². The molecule has 2 heterocycles. The number of aromatic nitrogens is 3. The van der Waals surface area contributed by atoms with Gasteiger partial charge in [0.1, 0.15) is 11.5 Å².